The van der Waals surface area contributed by atoms with Gasteiger partial charge in [-0.15, -0.1) is 0 Å². The zero-order chi connectivity index (χ0) is 9.94. The van der Waals surface area contributed by atoms with Crippen LogP contribution in [0.4, 0.5) is 0 Å². The van der Waals surface area contributed by atoms with Gasteiger partial charge < -0.3 is 14.2 Å². The predicted molar refractivity (Wildman–Crippen MR) is 57.2 cm³/mol. The van der Waals surface area contributed by atoms with Crippen molar-refractivity contribution >= 4 is 30.0 Å². The summed E-state index contributed by atoms with van der Waals surface area (Å²) in [5.41, 5.74) is 0. The number of hydrogen-bond donors (Lipinski definition) is 1. The smallest absolute Gasteiger partial charge is 0.168 e. The van der Waals surface area contributed by atoms with Gasteiger partial charge in [-0.3, -0.25) is 0 Å². The summed E-state index contributed by atoms with van der Waals surface area (Å²) in [6, 6.07) is 1.99. The summed E-state index contributed by atoms with van der Waals surface area (Å²) in [7, 11) is 1.89. The third-order valence-electron chi connectivity index (χ3n) is 0.906. The van der Waals surface area contributed by atoms with Crippen molar-refractivity contribution in [2.45, 2.75) is 6.42 Å². The Morgan fingerprint density at radius 2 is 2.14 bits per heavy atom. The number of nitriles is 1. The summed E-state index contributed by atoms with van der Waals surface area (Å²) in [5.74, 6) is 0.588. The standard InChI is InChI=1S/C6H12NO3PS2.Rf/c1-11(9-4-2-3-7)10-6-13-12-5-8;/h8H,2,4-6H2,1H3;. The first-order valence-electron chi connectivity index (χ1n) is 3.53. The molecule has 0 rings (SSSR count). The maximum absolute atomic E-state index is 8.43. The molecular weight excluding hydrogens is 496 g/mol. The molecule has 0 aromatic rings. The Kier molecular flexibility index (Phi) is 14.2. The molecule has 1 unspecified atom stereocenters. The van der Waals surface area contributed by atoms with Crippen LogP contribution in [0.1, 0.15) is 6.42 Å². The monoisotopic (exact) mass is 508 g/mol. The molecule has 0 saturated heterocycles. The molecule has 0 radical (unpaired) electrons. The van der Waals surface area contributed by atoms with Crippen LogP contribution in [0.2, 0.25) is 0 Å². The minimum atomic E-state index is -0.876. The van der Waals surface area contributed by atoms with Gasteiger partial charge in [0.1, 0.15) is 5.94 Å². The van der Waals surface area contributed by atoms with Crippen molar-refractivity contribution < 1.29 is 14.2 Å². The Bertz CT molecular complexity index is 161. The van der Waals surface area contributed by atoms with Crippen molar-refractivity contribution in [3.05, 3.63) is 0 Å². The van der Waals surface area contributed by atoms with Gasteiger partial charge in [0.05, 0.1) is 25.0 Å². The minimum Gasteiger partial charge on any atom is -0.385 e. The number of hydrogen-bond acceptors (Lipinski definition) is 6. The van der Waals surface area contributed by atoms with Gasteiger partial charge in [-0.1, -0.05) is 21.6 Å². The molecular formula is C6H12NO3PRfS2. The van der Waals surface area contributed by atoms with E-state index in [1.165, 1.54) is 21.6 Å². The third kappa shape index (κ3) is 11.5. The van der Waals surface area contributed by atoms with Crippen LogP contribution >= 0.6 is 30.0 Å². The predicted octanol–water partition coefficient (Wildman–Crippen LogP) is 2.16. The van der Waals surface area contributed by atoms with Crippen molar-refractivity contribution in [1.82, 2.24) is 0 Å². The molecule has 14 heavy (non-hydrogen) atoms. The molecule has 0 aliphatic heterocycles. The minimum absolute atomic E-state index is 0. The van der Waals surface area contributed by atoms with Crippen LogP contribution in [0.3, 0.4) is 0 Å². The van der Waals surface area contributed by atoms with Crippen LogP contribution in [-0.2, 0) is 9.05 Å². The fourth-order valence-corrected chi connectivity index (χ4v) is 2.57. The summed E-state index contributed by atoms with van der Waals surface area (Å²) in [4.78, 5) is 0. The molecule has 0 aromatic heterocycles. The van der Waals surface area contributed by atoms with E-state index in [-0.39, 0.29) is 5.94 Å². The normalized spacial score (nSPS) is 11.5. The maximum atomic E-state index is 8.43. The van der Waals surface area contributed by atoms with Crippen molar-refractivity contribution in [2.24, 2.45) is 0 Å². The van der Waals surface area contributed by atoms with Gasteiger partial charge in [0, 0.05) is 6.66 Å². The van der Waals surface area contributed by atoms with Crippen LogP contribution in [0.5, 0.6) is 0 Å². The Morgan fingerprint density at radius 3 is 2.71 bits per heavy atom. The molecule has 0 heterocycles. The SMILES string of the molecule is CP(OCCC#N)OCSSCO.[Rf]. The first kappa shape index (κ1) is 15.9. The molecule has 1 atom stereocenters. The van der Waals surface area contributed by atoms with E-state index >= 15 is 0 Å². The first-order chi connectivity index (χ1) is 6.31. The molecule has 0 saturated carbocycles. The Morgan fingerprint density at radius 1 is 1.43 bits per heavy atom. The number of aliphatic hydroxyl groups excluding tert-OH is 1. The van der Waals surface area contributed by atoms with Gasteiger partial charge in [-0.2, -0.15) is 5.26 Å². The van der Waals surface area contributed by atoms with Gasteiger partial charge in [-0.25, -0.2) is 0 Å². The van der Waals surface area contributed by atoms with Crippen molar-refractivity contribution in [3.63, 3.8) is 0 Å². The quantitative estimate of drug-likeness (QED) is 0.235. The van der Waals surface area contributed by atoms with Crippen molar-refractivity contribution in [1.29, 1.82) is 5.26 Å². The second kappa shape index (κ2) is 12.5. The number of rotatable bonds is 8. The zero-order valence-corrected chi connectivity index (χ0v) is 16.9. The van der Waals surface area contributed by atoms with Gasteiger partial charge in [0.2, 0.25) is 0 Å². The molecule has 0 aliphatic rings. The zero-order valence-electron chi connectivity index (χ0n) is 8.01. The molecule has 4 nitrogen and oxygen atoms in total. The fraction of sp³-hybridized carbons (Fsp3) is 0.833. The van der Waals surface area contributed by atoms with Crippen LogP contribution in [0, 0.1) is 11.3 Å². The second-order valence-electron chi connectivity index (χ2n) is 1.79. The summed E-state index contributed by atoms with van der Waals surface area (Å²) in [5, 5.41) is 16.7. The molecule has 0 spiro atoms. The van der Waals surface area contributed by atoms with Crippen LogP contribution < -0.4 is 0 Å². The average molecular weight is 508 g/mol. The number of nitrogens with zero attached hydrogens (tertiary/aromatic N) is 1. The molecule has 1 N–H and O–H groups in total. The summed E-state index contributed by atoms with van der Waals surface area (Å²) < 4.78 is 10.5. The van der Waals surface area contributed by atoms with E-state index in [4.69, 9.17) is 19.4 Å². The maximum Gasteiger partial charge on any atom is 0.168 e. The van der Waals surface area contributed by atoms with Crippen LogP contribution in [0.15, 0.2) is 0 Å². The fourth-order valence-electron chi connectivity index (χ4n) is 0.424. The van der Waals surface area contributed by atoms with Gasteiger partial charge in [0.15, 0.2) is 8.38 Å². The van der Waals surface area contributed by atoms with E-state index in [9.17, 15) is 0 Å². The van der Waals surface area contributed by atoms with Gasteiger partial charge in [0.25, 0.3) is 0 Å². The largest absolute Gasteiger partial charge is 0.385 e. The van der Waals surface area contributed by atoms with Crippen LogP contribution in [0.25, 0.3) is 0 Å². The topological polar surface area (TPSA) is 62.5 Å². The number of aliphatic hydroxyl groups is 1. The van der Waals surface area contributed by atoms with Gasteiger partial charge in [-0.05, 0) is 0 Å². The Labute approximate surface area is 87.3 Å². The van der Waals surface area contributed by atoms with E-state index in [1.807, 2.05) is 12.7 Å². The second-order valence-corrected chi connectivity index (χ2v) is 5.57. The molecule has 0 fully saturated rings. The van der Waals surface area contributed by atoms with E-state index in [2.05, 4.69) is 0 Å². The Hall–Kier alpha value is -0.500. The summed E-state index contributed by atoms with van der Waals surface area (Å²) >= 11 is 0. The molecule has 8 heteroatoms. The molecule has 0 aliphatic carbocycles. The third-order valence-corrected chi connectivity index (χ3v) is 3.71. The molecule has 0 amide bonds. The molecule has 78 valence electrons. The van der Waals surface area contributed by atoms with E-state index < -0.39 is 8.38 Å². The molecule has 0 bridgehead atoms. The summed E-state index contributed by atoms with van der Waals surface area (Å²) in [6.07, 6.45) is 0.397. The van der Waals surface area contributed by atoms with Gasteiger partial charge >= 0.3 is 0 Å². The van der Waals surface area contributed by atoms with E-state index in [0.29, 0.717) is 19.0 Å². The first-order valence-corrected chi connectivity index (χ1v) is 7.64. The van der Waals surface area contributed by atoms with Crippen LogP contribution in [-0.4, -0.2) is 30.3 Å². The summed E-state index contributed by atoms with van der Waals surface area (Å²) in [6.45, 7) is 2.27. The molecule has 0 aromatic carbocycles. The Balaban J connectivity index is 0. The van der Waals surface area contributed by atoms with E-state index in [1.54, 1.807) is 0 Å². The van der Waals surface area contributed by atoms with Crippen molar-refractivity contribution in [2.75, 3.05) is 25.1 Å². The van der Waals surface area contributed by atoms with Crippen molar-refractivity contribution in [3.8, 4) is 6.07 Å². The van der Waals surface area contributed by atoms with E-state index in [0.717, 1.165) is 0 Å². The average Bonchev–Trinajstić information content (AvgIpc) is 2.13.